The second-order valence-electron chi connectivity index (χ2n) is 2.01. The van der Waals surface area contributed by atoms with E-state index in [2.05, 4.69) is 11.2 Å². The van der Waals surface area contributed by atoms with E-state index < -0.39 is 0 Å². The first-order valence-electron chi connectivity index (χ1n) is 2.96. The Kier molecular flexibility index (Phi) is 1.02. The maximum atomic E-state index is 5.15. The zero-order valence-electron chi connectivity index (χ0n) is 5.00. The van der Waals surface area contributed by atoms with E-state index in [-0.39, 0.29) is 0 Å². The van der Waals surface area contributed by atoms with E-state index in [1.54, 1.807) is 6.20 Å². The largest absolute Gasteiger partial charge is 0.372 e. The molecule has 47 valence electrons. The fraction of sp³-hybridized carbons (Fsp3) is 0.500. The molecule has 0 unspecified atom stereocenters. The van der Waals surface area contributed by atoms with Gasteiger partial charge in [-0.25, -0.2) is 4.98 Å². The molecule has 0 aromatic carbocycles. The first-order valence-corrected chi connectivity index (χ1v) is 2.96. The zero-order chi connectivity index (χ0) is 6.10. The maximum Gasteiger partial charge on any atom is 0.135 e. The van der Waals surface area contributed by atoms with Gasteiger partial charge in [-0.2, -0.15) is 0 Å². The van der Waals surface area contributed by atoms with Crippen molar-refractivity contribution in [1.82, 2.24) is 9.55 Å². The highest BCUT2D eigenvalue weighted by atomic mass is 16.5. The van der Waals surface area contributed by atoms with Gasteiger partial charge in [-0.3, -0.25) is 0 Å². The summed E-state index contributed by atoms with van der Waals surface area (Å²) in [4.78, 5) is 4.04. The van der Waals surface area contributed by atoms with E-state index in [0.717, 1.165) is 19.0 Å². The van der Waals surface area contributed by atoms with Crippen molar-refractivity contribution in [3.05, 3.63) is 18.2 Å². The standard InChI is InChI=1S/C6H7N2O/c1-2-8-3-4-9-5-6(8)7-1/h1H,3-5H2. The monoisotopic (exact) mass is 123 g/mol. The number of hydrogen-bond acceptors (Lipinski definition) is 2. The Morgan fingerprint density at radius 3 is 3.67 bits per heavy atom. The van der Waals surface area contributed by atoms with Crippen LogP contribution in [0, 0.1) is 6.20 Å². The summed E-state index contributed by atoms with van der Waals surface area (Å²) >= 11 is 0. The minimum atomic E-state index is 0.642. The number of rotatable bonds is 0. The third kappa shape index (κ3) is 0.733. The highest BCUT2D eigenvalue weighted by Crippen LogP contribution is 2.03. The van der Waals surface area contributed by atoms with Crippen LogP contribution in [-0.4, -0.2) is 16.2 Å². The molecule has 0 aliphatic carbocycles. The highest BCUT2D eigenvalue weighted by Gasteiger charge is 2.07. The van der Waals surface area contributed by atoms with Crippen molar-refractivity contribution < 1.29 is 4.74 Å². The van der Waals surface area contributed by atoms with Crippen LogP contribution in [0.1, 0.15) is 5.82 Å². The van der Waals surface area contributed by atoms with Gasteiger partial charge in [0.2, 0.25) is 0 Å². The molecule has 0 N–H and O–H groups in total. The summed E-state index contributed by atoms with van der Waals surface area (Å²) in [6, 6.07) is 0. The quantitative estimate of drug-likeness (QED) is 0.493. The molecule has 0 spiro atoms. The normalized spacial score (nSPS) is 17.3. The zero-order valence-corrected chi connectivity index (χ0v) is 5.00. The average molecular weight is 123 g/mol. The molecule has 1 aliphatic rings. The molecule has 0 amide bonds. The molecule has 2 rings (SSSR count). The second-order valence-corrected chi connectivity index (χ2v) is 2.01. The Bertz CT molecular complexity index is 186. The lowest BCUT2D eigenvalue weighted by Gasteiger charge is -2.12. The van der Waals surface area contributed by atoms with Gasteiger partial charge in [0.05, 0.1) is 19.0 Å². The van der Waals surface area contributed by atoms with Crippen LogP contribution in [0.3, 0.4) is 0 Å². The van der Waals surface area contributed by atoms with Gasteiger partial charge >= 0.3 is 0 Å². The number of imidazole rings is 1. The molecule has 0 bridgehead atoms. The molecule has 3 nitrogen and oxygen atoms in total. The lowest BCUT2D eigenvalue weighted by atomic mass is 10.5. The summed E-state index contributed by atoms with van der Waals surface area (Å²) in [7, 11) is 0. The summed E-state index contributed by atoms with van der Waals surface area (Å²) in [5.74, 6) is 0.987. The van der Waals surface area contributed by atoms with Crippen LogP contribution in [0.5, 0.6) is 0 Å². The molecule has 1 aromatic rings. The van der Waals surface area contributed by atoms with Gasteiger partial charge in [0.1, 0.15) is 12.4 Å². The summed E-state index contributed by atoms with van der Waals surface area (Å²) in [6.07, 6.45) is 4.67. The van der Waals surface area contributed by atoms with Crippen LogP contribution in [0.4, 0.5) is 0 Å². The van der Waals surface area contributed by atoms with E-state index in [1.807, 2.05) is 4.57 Å². The van der Waals surface area contributed by atoms with E-state index in [9.17, 15) is 0 Å². The highest BCUT2D eigenvalue weighted by molar-refractivity contribution is 4.90. The van der Waals surface area contributed by atoms with Gasteiger partial charge < -0.3 is 9.30 Å². The summed E-state index contributed by atoms with van der Waals surface area (Å²) in [5, 5.41) is 0. The fourth-order valence-corrected chi connectivity index (χ4v) is 0.945. The summed E-state index contributed by atoms with van der Waals surface area (Å²) < 4.78 is 7.14. The van der Waals surface area contributed by atoms with Crippen LogP contribution >= 0.6 is 0 Å². The topological polar surface area (TPSA) is 27.1 Å². The summed E-state index contributed by atoms with van der Waals surface area (Å²) in [6.45, 7) is 2.33. The number of aromatic nitrogens is 2. The Hall–Kier alpha value is -0.830. The van der Waals surface area contributed by atoms with Crippen LogP contribution in [0.2, 0.25) is 0 Å². The molecule has 9 heavy (non-hydrogen) atoms. The van der Waals surface area contributed by atoms with Gasteiger partial charge in [-0.1, -0.05) is 0 Å². The average Bonchev–Trinajstić information content (AvgIpc) is 2.33. The predicted octanol–water partition coefficient (Wildman–Crippen LogP) is 0.213. The molecule has 2 heterocycles. The third-order valence-corrected chi connectivity index (χ3v) is 1.43. The molecule has 0 atom stereocenters. The Balaban J connectivity index is 2.39. The number of ether oxygens (including phenoxy) is 1. The predicted molar refractivity (Wildman–Crippen MR) is 30.7 cm³/mol. The van der Waals surface area contributed by atoms with Crippen LogP contribution in [0.15, 0.2) is 6.20 Å². The molecule has 0 fully saturated rings. The van der Waals surface area contributed by atoms with Crippen LogP contribution in [0.25, 0.3) is 0 Å². The SMILES string of the molecule is [c]1cnc2n1CCOC2. The first-order chi connectivity index (χ1) is 4.47. The lowest BCUT2D eigenvalue weighted by Crippen LogP contribution is -2.15. The molecular formula is C6H7N2O. The van der Waals surface area contributed by atoms with Crippen molar-refractivity contribution in [3.63, 3.8) is 0 Å². The van der Waals surface area contributed by atoms with E-state index >= 15 is 0 Å². The van der Waals surface area contributed by atoms with E-state index in [0.29, 0.717) is 6.61 Å². The Morgan fingerprint density at radius 2 is 2.78 bits per heavy atom. The minimum Gasteiger partial charge on any atom is -0.372 e. The molecule has 1 aliphatic heterocycles. The van der Waals surface area contributed by atoms with Gasteiger partial charge in [0.25, 0.3) is 0 Å². The van der Waals surface area contributed by atoms with Gasteiger partial charge in [0, 0.05) is 6.54 Å². The number of nitrogens with zero attached hydrogens (tertiary/aromatic N) is 2. The van der Waals surface area contributed by atoms with Crippen molar-refractivity contribution in [2.75, 3.05) is 6.61 Å². The molecule has 1 aromatic heterocycles. The van der Waals surface area contributed by atoms with Crippen molar-refractivity contribution in [3.8, 4) is 0 Å². The molecule has 0 saturated heterocycles. The second kappa shape index (κ2) is 1.84. The molecule has 0 saturated carbocycles. The Morgan fingerprint density at radius 1 is 1.78 bits per heavy atom. The van der Waals surface area contributed by atoms with Gasteiger partial charge in [-0.15, -0.1) is 0 Å². The smallest absolute Gasteiger partial charge is 0.135 e. The minimum absolute atomic E-state index is 0.642. The number of hydrogen-bond donors (Lipinski definition) is 0. The van der Waals surface area contributed by atoms with Crippen molar-refractivity contribution in [2.45, 2.75) is 13.2 Å². The van der Waals surface area contributed by atoms with Crippen molar-refractivity contribution in [1.29, 1.82) is 0 Å². The molecular weight excluding hydrogens is 116 g/mol. The molecule has 1 radical (unpaired) electrons. The van der Waals surface area contributed by atoms with Gasteiger partial charge in [0.15, 0.2) is 0 Å². The van der Waals surface area contributed by atoms with E-state index in [4.69, 9.17) is 4.74 Å². The first kappa shape index (κ1) is 4.99. The third-order valence-electron chi connectivity index (χ3n) is 1.43. The van der Waals surface area contributed by atoms with Gasteiger partial charge in [-0.05, 0) is 0 Å². The number of fused-ring (bicyclic) bond motifs is 1. The van der Waals surface area contributed by atoms with Crippen LogP contribution in [-0.2, 0) is 17.9 Å². The summed E-state index contributed by atoms with van der Waals surface area (Å²) in [5.41, 5.74) is 0. The lowest BCUT2D eigenvalue weighted by molar-refractivity contribution is 0.0813. The van der Waals surface area contributed by atoms with Crippen LogP contribution < -0.4 is 0 Å². The van der Waals surface area contributed by atoms with Crippen molar-refractivity contribution in [2.24, 2.45) is 0 Å². The fourth-order valence-electron chi connectivity index (χ4n) is 0.945. The maximum absolute atomic E-state index is 5.15. The Labute approximate surface area is 53.3 Å². The van der Waals surface area contributed by atoms with E-state index in [1.165, 1.54) is 0 Å². The molecule has 3 heteroatoms. The van der Waals surface area contributed by atoms with Crippen molar-refractivity contribution >= 4 is 0 Å².